The first kappa shape index (κ1) is 16.1. The zero-order chi connectivity index (χ0) is 14.4. The van der Waals surface area contributed by atoms with Gasteiger partial charge in [0, 0.05) is 6.04 Å². The van der Waals surface area contributed by atoms with Crippen molar-refractivity contribution in [1.82, 2.24) is 10.2 Å². The molecule has 0 bridgehead atoms. The molecule has 0 aliphatic rings. The molecule has 106 valence electrons. The molecule has 0 aliphatic carbocycles. The van der Waals surface area contributed by atoms with Crippen LogP contribution in [0.25, 0.3) is 0 Å². The Labute approximate surface area is 122 Å². The van der Waals surface area contributed by atoms with Gasteiger partial charge in [-0.1, -0.05) is 18.5 Å². The van der Waals surface area contributed by atoms with Crippen LogP contribution in [0.3, 0.4) is 0 Å². The first-order valence-corrected chi connectivity index (χ1v) is 7.42. The van der Waals surface area contributed by atoms with Gasteiger partial charge in [0.15, 0.2) is 5.78 Å². The smallest absolute Gasteiger partial charge is 0.234 e. The van der Waals surface area contributed by atoms with Crippen molar-refractivity contribution in [2.24, 2.45) is 0 Å². The molecular weight excluding hydrogens is 284 g/mol. The van der Waals surface area contributed by atoms with Crippen molar-refractivity contribution in [3.8, 4) is 0 Å². The van der Waals surface area contributed by atoms with Crippen LogP contribution in [0.1, 0.15) is 30.4 Å². The van der Waals surface area contributed by atoms with Crippen molar-refractivity contribution in [3.05, 3.63) is 21.3 Å². The number of hydrogen-bond donors (Lipinski definition) is 1. The molecule has 0 spiro atoms. The number of hydrogen-bond acceptors (Lipinski definition) is 4. The quantitative estimate of drug-likeness (QED) is 0.787. The third-order valence-electron chi connectivity index (χ3n) is 2.48. The first-order chi connectivity index (χ1) is 8.92. The monoisotopic (exact) mass is 302 g/mol. The van der Waals surface area contributed by atoms with Gasteiger partial charge < -0.3 is 5.32 Å². The minimum Gasteiger partial charge on any atom is -0.353 e. The number of likely N-dealkylation sites (N-methyl/N-ethyl adjacent to an activating group) is 1. The zero-order valence-electron chi connectivity index (χ0n) is 11.4. The van der Waals surface area contributed by atoms with Crippen LogP contribution in [0.5, 0.6) is 0 Å². The molecule has 1 amide bonds. The predicted molar refractivity (Wildman–Crippen MR) is 79.1 cm³/mol. The highest BCUT2D eigenvalue weighted by molar-refractivity contribution is 7.18. The number of halogens is 1. The van der Waals surface area contributed by atoms with E-state index in [1.165, 1.54) is 11.3 Å². The van der Waals surface area contributed by atoms with E-state index in [0.29, 0.717) is 15.8 Å². The Morgan fingerprint density at radius 3 is 2.53 bits per heavy atom. The van der Waals surface area contributed by atoms with Crippen LogP contribution in [0.15, 0.2) is 12.1 Å². The minimum atomic E-state index is -0.0612. The summed E-state index contributed by atoms with van der Waals surface area (Å²) in [6.07, 6.45) is 0. The Hall–Kier alpha value is -0.910. The molecule has 0 unspecified atom stereocenters. The zero-order valence-corrected chi connectivity index (χ0v) is 13.0. The molecule has 1 N–H and O–H groups in total. The normalized spacial score (nSPS) is 11.1. The Kier molecular flexibility index (Phi) is 6.48. The SMILES string of the molecule is CCN(CC(=O)NC(C)C)CC(=O)c1ccc(Cl)s1. The molecule has 0 aromatic carbocycles. The lowest BCUT2D eigenvalue weighted by Gasteiger charge is -2.19. The predicted octanol–water partition coefficient (Wildman–Crippen LogP) is 2.43. The summed E-state index contributed by atoms with van der Waals surface area (Å²) in [7, 11) is 0. The van der Waals surface area contributed by atoms with Gasteiger partial charge in [0.2, 0.25) is 5.91 Å². The maximum atomic E-state index is 12.0. The summed E-state index contributed by atoms with van der Waals surface area (Å²) in [5.74, 6) is -0.0649. The molecule has 4 nitrogen and oxygen atoms in total. The van der Waals surface area contributed by atoms with E-state index in [9.17, 15) is 9.59 Å². The third-order valence-corrected chi connectivity index (χ3v) is 3.75. The molecule has 1 heterocycles. The van der Waals surface area contributed by atoms with Crippen molar-refractivity contribution in [3.63, 3.8) is 0 Å². The summed E-state index contributed by atoms with van der Waals surface area (Å²) < 4.78 is 0.601. The molecule has 6 heteroatoms. The van der Waals surface area contributed by atoms with Crippen LogP contribution in [0.4, 0.5) is 0 Å². The molecule has 0 radical (unpaired) electrons. The number of nitrogens with zero attached hydrogens (tertiary/aromatic N) is 1. The molecule has 0 atom stereocenters. The average molecular weight is 303 g/mol. The molecule has 0 aliphatic heterocycles. The van der Waals surface area contributed by atoms with E-state index in [4.69, 9.17) is 11.6 Å². The largest absolute Gasteiger partial charge is 0.353 e. The number of Topliss-reactive ketones (excluding diaryl/α,β-unsaturated/α-hetero) is 1. The van der Waals surface area contributed by atoms with Gasteiger partial charge in [-0.3, -0.25) is 14.5 Å². The summed E-state index contributed by atoms with van der Waals surface area (Å²) in [4.78, 5) is 26.1. The van der Waals surface area contributed by atoms with Gasteiger partial charge in [-0.05, 0) is 32.5 Å². The summed E-state index contributed by atoms with van der Waals surface area (Å²) >= 11 is 7.07. The van der Waals surface area contributed by atoms with Gasteiger partial charge in [-0.2, -0.15) is 0 Å². The average Bonchev–Trinajstić information content (AvgIpc) is 2.73. The number of carbonyl (C=O) groups excluding carboxylic acids is 2. The van der Waals surface area contributed by atoms with Gasteiger partial charge in [0.25, 0.3) is 0 Å². The van der Waals surface area contributed by atoms with E-state index in [1.54, 1.807) is 12.1 Å². The van der Waals surface area contributed by atoms with Crippen molar-refractivity contribution >= 4 is 34.6 Å². The Morgan fingerprint density at radius 2 is 2.05 bits per heavy atom. The molecule has 1 aromatic heterocycles. The highest BCUT2D eigenvalue weighted by Crippen LogP contribution is 2.21. The fourth-order valence-corrected chi connectivity index (χ4v) is 2.57. The number of rotatable bonds is 7. The summed E-state index contributed by atoms with van der Waals surface area (Å²) in [6.45, 7) is 6.87. The second-order valence-electron chi connectivity index (χ2n) is 4.55. The van der Waals surface area contributed by atoms with Crippen LogP contribution in [-0.2, 0) is 4.79 Å². The Bertz CT molecular complexity index is 446. The Morgan fingerprint density at radius 1 is 1.37 bits per heavy atom. The number of ketones is 1. The lowest BCUT2D eigenvalue weighted by atomic mass is 10.3. The van der Waals surface area contributed by atoms with E-state index in [0.717, 1.165) is 0 Å². The highest BCUT2D eigenvalue weighted by atomic mass is 35.5. The summed E-state index contributed by atoms with van der Waals surface area (Å²) in [6, 6.07) is 3.54. The van der Waals surface area contributed by atoms with Gasteiger partial charge >= 0.3 is 0 Å². The second-order valence-corrected chi connectivity index (χ2v) is 6.27. The van der Waals surface area contributed by atoms with Crippen LogP contribution < -0.4 is 5.32 Å². The van der Waals surface area contributed by atoms with Crippen molar-refractivity contribution in [2.75, 3.05) is 19.6 Å². The maximum absolute atomic E-state index is 12.0. The molecule has 0 saturated heterocycles. The van der Waals surface area contributed by atoms with Crippen molar-refractivity contribution < 1.29 is 9.59 Å². The van der Waals surface area contributed by atoms with Gasteiger partial charge in [0.05, 0.1) is 22.3 Å². The minimum absolute atomic E-state index is 0.00361. The fourth-order valence-electron chi connectivity index (χ4n) is 1.60. The fraction of sp³-hybridized carbons (Fsp3) is 0.538. The van der Waals surface area contributed by atoms with Crippen LogP contribution in [-0.4, -0.2) is 42.3 Å². The number of carbonyl (C=O) groups is 2. The van der Waals surface area contributed by atoms with E-state index >= 15 is 0 Å². The first-order valence-electron chi connectivity index (χ1n) is 6.22. The van der Waals surface area contributed by atoms with E-state index in [-0.39, 0.29) is 30.8 Å². The van der Waals surface area contributed by atoms with E-state index in [1.807, 2.05) is 25.7 Å². The van der Waals surface area contributed by atoms with E-state index < -0.39 is 0 Å². The molecule has 1 rings (SSSR count). The topological polar surface area (TPSA) is 49.4 Å². The number of amides is 1. The van der Waals surface area contributed by atoms with Crippen LogP contribution in [0, 0.1) is 0 Å². The van der Waals surface area contributed by atoms with Gasteiger partial charge in [-0.25, -0.2) is 0 Å². The standard InChI is InChI=1S/C13H19ClN2O2S/c1-4-16(8-13(18)15-9(2)3)7-10(17)11-5-6-12(14)19-11/h5-6,9H,4,7-8H2,1-3H3,(H,15,18). The third kappa shape index (κ3) is 5.72. The molecule has 1 aromatic rings. The van der Waals surface area contributed by atoms with Crippen LogP contribution in [0.2, 0.25) is 4.34 Å². The lowest BCUT2D eigenvalue weighted by molar-refractivity contribution is -0.122. The van der Waals surface area contributed by atoms with Gasteiger partial charge in [-0.15, -0.1) is 11.3 Å². The van der Waals surface area contributed by atoms with E-state index in [2.05, 4.69) is 5.32 Å². The maximum Gasteiger partial charge on any atom is 0.234 e. The number of nitrogens with one attached hydrogen (secondary N) is 1. The molecule has 19 heavy (non-hydrogen) atoms. The molecule has 0 saturated carbocycles. The summed E-state index contributed by atoms with van der Waals surface area (Å²) in [5.41, 5.74) is 0. The van der Waals surface area contributed by atoms with Crippen molar-refractivity contribution in [2.45, 2.75) is 26.8 Å². The highest BCUT2D eigenvalue weighted by Gasteiger charge is 2.16. The Balaban J connectivity index is 2.52. The molecular formula is C13H19ClN2O2S. The number of thiophene rings is 1. The van der Waals surface area contributed by atoms with Crippen LogP contribution >= 0.6 is 22.9 Å². The second kappa shape index (κ2) is 7.62. The van der Waals surface area contributed by atoms with Gasteiger partial charge in [0.1, 0.15) is 0 Å². The van der Waals surface area contributed by atoms with Crippen molar-refractivity contribution in [1.29, 1.82) is 0 Å². The molecule has 0 fully saturated rings. The lowest BCUT2D eigenvalue weighted by Crippen LogP contribution is -2.41. The summed E-state index contributed by atoms with van der Waals surface area (Å²) in [5, 5.41) is 2.81.